The van der Waals surface area contributed by atoms with Crippen LogP contribution in [0.5, 0.6) is 5.75 Å². The van der Waals surface area contributed by atoms with Gasteiger partial charge in [-0.2, -0.15) is 0 Å². The van der Waals surface area contributed by atoms with Gasteiger partial charge >= 0.3 is 0 Å². The van der Waals surface area contributed by atoms with Crippen molar-refractivity contribution in [3.63, 3.8) is 0 Å². The molecule has 2 aromatic carbocycles. The first kappa shape index (κ1) is 21.7. The molecule has 1 saturated heterocycles. The van der Waals surface area contributed by atoms with Gasteiger partial charge in [-0.1, -0.05) is 28.1 Å². The molecule has 0 unspecified atom stereocenters. The minimum atomic E-state index is -0.545. The molecular weight excluding hydrogens is 439 g/mol. The monoisotopic (exact) mass is 464 g/mol. The Morgan fingerprint density at radius 1 is 1.28 bits per heavy atom. The number of nitrogens with zero attached hydrogens (tertiary/aromatic N) is 1. The van der Waals surface area contributed by atoms with E-state index >= 15 is 0 Å². The first-order valence-corrected chi connectivity index (χ1v) is 10.5. The van der Waals surface area contributed by atoms with Gasteiger partial charge in [0.1, 0.15) is 18.2 Å². The molecule has 5 nitrogen and oxygen atoms in total. The molecule has 1 aliphatic heterocycles. The number of halogens is 2. The number of ether oxygens (including phenoxy) is 2. The summed E-state index contributed by atoms with van der Waals surface area (Å²) in [6, 6.07) is 12.4. The van der Waals surface area contributed by atoms with E-state index in [0.29, 0.717) is 23.7 Å². The Morgan fingerprint density at radius 2 is 2.07 bits per heavy atom. The highest BCUT2D eigenvalue weighted by Crippen LogP contribution is 2.17. The van der Waals surface area contributed by atoms with E-state index in [1.807, 2.05) is 24.3 Å². The Labute approximate surface area is 179 Å². The van der Waals surface area contributed by atoms with Gasteiger partial charge in [-0.25, -0.2) is 4.39 Å². The summed E-state index contributed by atoms with van der Waals surface area (Å²) >= 11 is 3.26. The van der Waals surface area contributed by atoms with Crippen LogP contribution in [0.15, 0.2) is 46.9 Å². The van der Waals surface area contributed by atoms with Crippen LogP contribution in [0, 0.1) is 5.82 Å². The number of hydrogen-bond donors (Lipinski definition) is 1. The molecule has 0 spiro atoms. The number of carbonyl (C=O) groups is 1. The maximum absolute atomic E-state index is 13.8. The van der Waals surface area contributed by atoms with Crippen LogP contribution < -0.4 is 10.1 Å². The van der Waals surface area contributed by atoms with E-state index in [4.69, 9.17) is 9.47 Å². The van der Waals surface area contributed by atoms with Crippen LogP contribution in [0.25, 0.3) is 0 Å². The van der Waals surface area contributed by atoms with Crippen molar-refractivity contribution in [1.82, 2.24) is 10.2 Å². The van der Waals surface area contributed by atoms with Crippen molar-refractivity contribution in [2.24, 2.45) is 0 Å². The minimum absolute atomic E-state index is 0.0166. The molecule has 29 heavy (non-hydrogen) atoms. The maximum atomic E-state index is 13.8. The predicted molar refractivity (Wildman–Crippen MR) is 114 cm³/mol. The first-order valence-electron chi connectivity index (χ1n) is 9.76. The summed E-state index contributed by atoms with van der Waals surface area (Å²) in [5.41, 5.74) is 0.909. The minimum Gasteiger partial charge on any atom is -0.492 e. The lowest BCUT2D eigenvalue weighted by Gasteiger charge is -2.31. The second kappa shape index (κ2) is 10.7. The van der Waals surface area contributed by atoms with Crippen molar-refractivity contribution in [1.29, 1.82) is 0 Å². The molecule has 7 heteroatoms. The van der Waals surface area contributed by atoms with Crippen molar-refractivity contribution in [2.45, 2.75) is 25.4 Å². The molecule has 1 fully saturated rings. The van der Waals surface area contributed by atoms with Crippen LogP contribution in [0.4, 0.5) is 4.39 Å². The molecule has 0 atom stereocenters. The van der Waals surface area contributed by atoms with Crippen molar-refractivity contribution in [3.05, 3.63) is 63.9 Å². The molecule has 0 bridgehead atoms. The Balaban J connectivity index is 1.47. The Morgan fingerprint density at radius 3 is 2.86 bits per heavy atom. The highest BCUT2D eigenvalue weighted by molar-refractivity contribution is 9.10. The molecule has 0 saturated carbocycles. The van der Waals surface area contributed by atoms with Gasteiger partial charge in [-0.3, -0.25) is 9.69 Å². The zero-order chi connectivity index (χ0) is 20.6. The van der Waals surface area contributed by atoms with E-state index in [1.165, 1.54) is 12.1 Å². The fraction of sp³-hybridized carbons (Fsp3) is 0.409. The fourth-order valence-corrected chi connectivity index (χ4v) is 3.67. The lowest BCUT2D eigenvalue weighted by Crippen LogP contribution is -2.38. The molecule has 3 rings (SSSR count). The standard InChI is InChI=1S/C22H26BrFN2O3/c1-26(18-7-10-28-11-8-18)9-12-29-19-4-2-3-16(13-19)15-25-22(27)20-14-17(23)5-6-21(20)24/h2-6,13-14,18H,7-12,15H2,1H3,(H,25,27). The number of hydrogen-bond acceptors (Lipinski definition) is 4. The molecule has 1 aliphatic rings. The Kier molecular flexibility index (Phi) is 8.03. The molecule has 156 valence electrons. The molecule has 1 amide bonds. The summed E-state index contributed by atoms with van der Waals surface area (Å²) in [5, 5.41) is 2.75. The predicted octanol–water partition coefficient (Wildman–Crippen LogP) is 4.01. The Bertz CT molecular complexity index is 827. The highest BCUT2D eigenvalue weighted by atomic mass is 79.9. The molecular formula is C22H26BrFN2O3. The third-order valence-electron chi connectivity index (χ3n) is 5.05. The van der Waals surface area contributed by atoms with E-state index in [2.05, 4.69) is 33.2 Å². The number of amides is 1. The Hall–Kier alpha value is -1.96. The number of nitrogens with one attached hydrogen (secondary N) is 1. The van der Waals surface area contributed by atoms with Crippen molar-refractivity contribution >= 4 is 21.8 Å². The van der Waals surface area contributed by atoms with Gasteiger partial charge < -0.3 is 14.8 Å². The zero-order valence-corrected chi connectivity index (χ0v) is 18.1. The van der Waals surface area contributed by atoms with Gasteiger partial charge in [0.15, 0.2) is 0 Å². The molecule has 1 heterocycles. The fourth-order valence-electron chi connectivity index (χ4n) is 3.31. The smallest absolute Gasteiger partial charge is 0.254 e. The van der Waals surface area contributed by atoms with Gasteiger partial charge in [0.2, 0.25) is 0 Å². The highest BCUT2D eigenvalue weighted by Gasteiger charge is 2.18. The summed E-state index contributed by atoms with van der Waals surface area (Å²) in [5.74, 6) is -0.240. The van der Waals surface area contributed by atoms with Crippen molar-refractivity contribution in [3.8, 4) is 5.75 Å². The summed E-state index contributed by atoms with van der Waals surface area (Å²) in [4.78, 5) is 14.6. The van der Waals surface area contributed by atoms with Crippen LogP contribution in [0.1, 0.15) is 28.8 Å². The first-order chi connectivity index (χ1) is 14.0. The van der Waals surface area contributed by atoms with Crippen LogP contribution >= 0.6 is 15.9 Å². The number of benzene rings is 2. The summed E-state index contributed by atoms with van der Waals surface area (Å²) in [6.45, 7) is 3.38. The number of carbonyl (C=O) groups excluding carboxylic acids is 1. The van der Waals surface area contributed by atoms with Crippen molar-refractivity contribution < 1.29 is 18.7 Å². The number of likely N-dealkylation sites (N-methyl/N-ethyl adjacent to an activating group) is 1. The van der Waals surface area contributed by atoms with Crippen LogP contribution in [-0.4, -0.2) is 50.3 Å². The largest absolute Gasteiger partial charge is 0.492 e. The van der Waals surface area contributed by atoms with E-state index in [1.54, 1.807) is 6.07 Å². The molecule has 0 aromatic heterocycles. The lowest BCUT2D eigenvalue weighted by molar-refractivity contribution is 0.0392. The lowest BCUT2D eigenvalue weighted by atomic mass is 10.1. The topological polar surface area (TPSA) is 50.8 Å². The van der Waals surface area contributed by atoms with Gasteiger partial charge in [-0.15, -0.1) is 0 Å². The third kappa shape index (κ3) is 6.52. The number of rotatable bonds is 8. The van der Waals surface area contributed by atoms with E-state index in [0.717, 1.165) is 43.9 Å². The summed E-state index contributed by atoms with van der Waals surface area (Å²) in [7, 11) is 2.12. The van der Waals surface area contributed by atoms with E-state index in [9.17, 15) is 9.18 Å². The van der Waals surface area contributed by atoms with Gasteiger partial charge in [0.25, 0.3) is 5.91 Å². The van der Waals surface area contributed by atoms with Crippen molar-refractivity contribution in [2.75, 3.05) is 33.4 Å². The molecule has 1 N–H and O–H groups in total. The third-order valence-corrected chi connectivity index (χ3v) is 5.54. The SMILES string of the molecule is CN(CCOc1cccc(CNC(=O)c2cc(Br)ccc2F)c1)C1CCOCC1. The quantitative estimate of drug-likeness (QED) is 0.641. The van der Waals surface area contributed by atoms with Crippen LogP contribution in [0.3, 0.4) is 0 Å². The van der Waals surface area contributed by atoms with Gasteiger partial charge in [0.05, 0.1) is 5.56 Å². The summed E-state index contributed by atoms with van der Waals surface area (Å²) < 4.78 is 25.8. The van der Waals surface area contributed by atoms with Crippen LogP contribution in [-0.2, 0) is 11.3 Å². The van der Waals surface area contributed by atoms with Gasteiger partial charge in [-0.05, 0) is 55.8 Å². The van der Waals surface area contributed by atoms with Gasteiger partial charge in [0, 0.05) is 36.8 Å². The second-order valence-electron chi connectivity index (χ2n) is 7.13. The van der Waals surface area contributed by atoms with Crippen LogP contribution in [0.2, 0.25) is 0 Å². The van der Waals surface area contributed by atoms with E-state index < -0.39 is 11.7 Å². The van der Waals surface area contributed by atoms with E-state index in [-0.39, 0.29) is 5.56 Å². The zero-order valence-electron chi connectivity index (χ0n) is 16.5. The maximum Gasteiger partial charge on any atom is 0.254 e. The average Bonchev–Trinajstić information content (AvgIpc) is 2.74. The molecule has 0 aliphatic carbocycles. The average molecular weight is 465 g/mol. The molecule has 0 radical (unpaired) electrons. The summed E-state index contributed by atoms with van der Waals surface area (Å²) in [6.07, 6.45) is 2.12. The molecule has 2 aromatic rings. The second-order valence-corrected chi connectivity index (χ2v) is 8.04. The normalized spacial score (nSPS) is 14.8.